The van der Waals surface area contributed by atoms with E-state index in [0.717, 1.165) is 18.7 Å². The highest BCUT2D eigenvalue weighted by Crippen LogP contribution is 2.34. The van der Waals surface area contributed by atoms with Gasteiger partial charge >= 0.3 is 0 Å². The van der Waals surface area contributed by atoms with E-state index in [-0.39, 0.29) is 6.04 Å². The van der Waals surface area contributed by atoms with E-state index in [1.54, 1.807) is 0 Å². The molecule has 2 unspecified atom stereocenters. The molecule has 1 aliphatic rings. The fourth-order valence-corrected chi connectivity index (χ4v) is 3.23. The molecule has 0 aliphatic carbocycles. The van der Waals surface area contributed by atoms with Crippen LogP contribution < -0.4 is 5.73 Å². The van der Waals surface area contributed by atoms with E-state index in [9.17, 15) is 0 Å². The lowest BCUT2D eigenvalue weighted by Crippen LogP contribution is -2.49. The van der Waals surface area contributed by atoms with Gasteiger partial charge in [-0.15, -0.1) is 0 Å². The molecule has 102 valence electrons. The Kier molecular flexibility index (Phi) is 3.78. The number of piperidine rings is 1. The first-order valence-corrected chi connectivity index (χ1v) is 6.95. The molecule has 4 nitrogen and oxygen atoms in total. The summed E-state index contributed by atoms with van der Waals surface area (Å²) in [6, 6.07) is 1.08. The van der Waals surface area contributed by atoms with E-state index in [1.807, 2.05) is 11.7 Å². The summed E-state index contributed by atoms with van der Waals surface area (Å²) in [5.41, 5.74) is 10.1. The van der Waals surface area contributed by atoms with E-state index in [1.165, 1.54) is 17.7 Å². The molecule has 2 atom stereocenters. The summed E-state index contributed by atoms with van der Waals surface area (Å²) in [6.45, 7) is 9.90. The first-order chi connectivity index (χ1) is 8.43. The van der Waals surface area contributed by atoms with Crippen LogP contribution in [0.3, 0.4) is 0 Å². The van der Waals surface area contributed by atoms with Crippen LogP contribution in [0.5, 0.6) is 0 Å². The highest BCUT2D eigenvalue weighted by atomic mass is 15.3. The summed E-state index contributed by atoms with van der Waals surface area (Å²) >= 11 is 0. The van der Waals surface area contributed by atoms with Gasteiger partial charge in [-0.3, -0.25) is 9.58 Å². The predicted octanol–water partition coefficient (Wildman–Crippen LogP) is 1.91. The van der Waals surface area contributed by atoms with Gasteiger partial charge in [0, 0.05) is 30.4 Å². The normalized spacial score (nSPS) is 25.9. The Hall–Kier alpha value is -0.870. The van der Waals surface area contributed by atoms with Crippen molar-refractivity contribution in [3.05, 3.63) is 17.0 Å². The average Bonchev–Trinajstić information content (AvgIpc) is 2.54. The molecule has 2 heterocycles. The molecule has 4 heteroatoms. The second-order valence-corrected chi connectivity index (χ2v) is 5.79. The number of nitrogens with two attached hydrogens (primary N) is 1. The Morgan fingerprint density at radius 3 is 2.50 bits per heavy atom. The summed E-state index contributed by atoms with van der Waals surface area (Å²) < 4.78 is 1.98. The zero-order valence-electron chi connectivity index (χ0n) is 12.3. The fourth-order valence-electron chi connectivity index (χ4n) is 3.23. The number of nitrogens with zero attached hydrogens (tertiary/aromatic N) is 3. The maximum absolute atomic E-state index is 6.41. The molecule has 0 saturated carbocycles. The minimum Gasteiger partial charge on any atom is -0.326 e. The first-order valence-electron chi connectivity index (χ1n) is 6.95. The molecule has 0 aromatic carbocycles. The number of aryl methyl sites for hydroxylation is 2. The van der Waals surface area contributed by atoms with Crippen molar-refractivity contribution < 1.29 is 0 Å². The molecule has 0 radical (unpaired) electrons. The monoisotopic (exact) mass is 250 g/mol. The van der Waals surface area contributed by atoms with Gasteiger partial charge in [-0.2, -0.15) is 5.10 Å². The Labute approximate surface area is 110 Å². The lowest BCUT2D eigenvalue weighted by Gasteiger charge is -2.42. The van der Waals surface area contributed by atoms with Crippen molar-refractivity contribution in [1.29, 1.82) is 0 Å². The van der Waals surface area contributed by atoms with Crippen molar-refractivity contribution in [3.63, 3.8) is 0 Å². The SMILES string of the molecule is Cc1nn(C)c(C)c1C1C(N)CCCN1C(C)C. The molecule has 1 aromatic heterocycles. The lowest BCUT2D eigenvalue weighted by molar-refractivity contribution is 0.0938. The minimum absolute atomic E-state index is 0.225. The molecule has 1 saturated heterocycles. The molecule has 2 rings (SSSR count). The highest BCUT2D eigenvalue weighted by Gasteiger charge is 2.35. The third-order valence-electron chi connectivity index (χ3n) is 4.24. The maximum atomic E-state index is 6.41. The van der Waals surface area contributed by atoms with Crippen LogP contribution in [0, 0.1) is 13.8 Å². The average molecular weight is 250 g/mol. The Morgan fingerprint density at radius 2 is 2.00 bits per heavy atom. The second-order valence-electron chi connectivity index (χ2n) is 5.79. The quantitative estimate of drug-likeness (QED) is 0.872. The summed E-state index contributed by atoms with van der Waals surface area (Å²) in [5, 5.41) is 4.55. The van der Waals surface area contributed by atoms with Gasteiger partial charge in [0.1, 0.15) is 0 Å². The summed E-state index contributed by atoms with van der Waals surface area (Å²) in [4.78, 5) is 2.53. The van der Waals surface area contributed by atoms with Gasteiger partial charge < -0.3 is 5.73 Å². The smallest absolute Gasteiger partial charge is 0.0644 e. The number of hydrogen-bond donors (Lipinski definition) is 1. The number of aromatic nitrogens is 2. The summed E-state index contributed by atoms with van der Waals surface area (Å²) in [7, 11) is 2.01. The van der Waals surface area contributed by atoms with E-state index in [2.05, 4.69) is 37.7 Å². The maximum Gasteiger partial charge on any atom is 0.0644 e. The minimum atomic E-state index is 0.225. The fraction of sp³-hybridized carbons (Fsp3) is 0.786. The van der Waals surface area contributed by atoms with Gasteiger partial charge in [0.2, 0.25) is 0 Å². The molecule has 0 bridgehead atoms. The van der Waals surface area contributed by atoms with Crippen molar-refractivity contribution in [3.8, 4) is 0 Å². The number of likely N-dealkylation sites (tertiary alicyclic amines) is 1. The topological polar surface area (TPSA) is 47.1 Å². The Bertz CT molecular complexity index is 422. The zero-order valence-corrected chi connectivity index (χ0v) is 12.3. The van der Waals surface area contributed by atoms with E-state index >= 15 is 0 Å². The standard InChI is InChI=1S/C14H26N4/c1-9(2)18-8-6-7-12(15)14(18)13-10(3)16-17(5)11(13)4/h9,12,14H,6-8,15H2,1-5H3. The van der Waals surface area contributed by atoms with E-state index < -0.39 is 0 Å². The van der Waals surface area contributed by atoms with Gasteiger partial charge in [0.05, 0.1) is 11.7 Å². The highest BCUT2D eigenvalue weighted by molar-refractivity contribution is 5.30. The van der Waals surface area contributed by atoms with Crippen LogP contribution in [0.25, 0.3) is 0 Å². The lowest BCUT2D eigenvalue weighted by atomic mass is 9.89. The Balaban J connectivity index is 2.43. The van der Waals surface area contributed by atoms with Gasteiger partial charge in [-0.1, -0.05) is 0 Å². The van der Waals surface area contributed by atoms with Crippen LogP contribution in [-0.2, 0) is 7.05 Å². The third kappa shape index (κ3) is 2.19. The summed E-state index contributed by atoms with van der Waals surface area (Å²) in [6.07, 6.45) is 2.32. The molecule has 0 spiro atoms. The first kappa shape index (κ1) is 13.6. The predicted molar refractivity (Wildman–Crippen MR) is 74.5 cm³/mol. The molecule has 2 N–H and O–H groups in total. The van der Waals surface area contributed by atoms with E-state index in [4.69, 9.17) is 5.73 Å². The molecular formula is C14H26N4. The van der Waals surface area contributed by atoms with Crippen LogP contribution in [0.1, 0.15) is 49.7 Å². The second kappa shape index (κ2) is 5.02. The van der Waals surface area contributed by atoms with Crippen LogP contribution in [0.4, 0.5) is 0 Å². The summed E-state index contributed by atoms with van der Waals surface area (Å²) in [5.74, 6) is 0. The Morgan fingerprint density at radius 1 is 1.33 bits per heavy atom. The van der Waals surface area contributed by atoms with Gasteiger partial charge in [-0.25, -0.2) is 0 Å². The van der Waals surface area contributed by atoms with Crippen molar-refractivity contribution >= 4 is 0 Å². The van der Waals surface area contributed by atoms with Crippen LogP contribution in [0.2, 0.25) is 0 Å². The number of hydrogen-bond acceptors (Lipinski definition) is 3. The van der Waals surface area contributed by atoms with Crippen molar-refractivity contribution in [2.24, 2.45) is 12.8 Å². The molecule has 1 aliphatic heterocycles. The van der Waals surface area contributed by atoms with Crippen LogP contribution >= 0.6 is 0 Å². The molecular weight excluding hydrogens is 224 g/mol. The molecule has 1 aromatic rings. The molecule has 1 fully saturated rings. The third-order valence-corrected chi connectivity index (χ3v) is 4.24. The van der Waals surface area contributed by atoms with Gasteiger partial charge in [-0.05, 0) is 47.1 Å². The van der Waals surface area contributed by atoms with Crippen molar-refractivity contribution in [2.45, 2.75) is 58.7 Å². The largest absolute Gasteiger partial charge is 0.326 e. The van der Waals surface area contributed by atoms with Crippen LogP contribution in [0.15, 0.2) is 0 Å². The molecule has 18 heavy (non-hydrogen) atoms. The van der Waals surface area contributed by atoms with Gasteiger partial charge in [0.15, 0.2) is 0 Å². The van der Waals surface area contributed by atoms with Crippen LogP contribution in [-0.4, -0.2) is 33.3 Å². The molecule has 0 amide bonds. The van der Waals surface area contributed by atoms with Crippen molar-refractivity contribution in [2.75, 3.05) is 6.54 Å². The number of rotatable bonds is 2. The zero-order chi connectivity index (χ0) is 13.4. The van der Waals surface area contributed by atoms with Crippen molar-refractivity contribution in [1.82, 2.24) is 14.7 Å². The van der Waals surface area contributed by atoms with Gasteiger partial charge in [0.25, 0.3) is 0 Å². The van der Waals surface area contributed by atoms with E-state index in [0.29, 0.717) is 12.1 Å².